The zero-order chi connectivity index (χ0) is 19.3. The maximum atomic E-state index is 13.2. The van der Waals surface area contributed by atoms with Crippen LogP contribution in [0.2, 0.25) is 5.02 Å². The van der Waals surface area contributed by atoms with Crippen LogP contribution < -0.4 is 15.0 Å². The van der Waals surface area contributed by atoms with Crippen LogP contribution in [0.5, 0.6) is 5.75 Å². The summed E-state index contributed by atoms with van der Waals surface area (Å²) in [6.45, 7) is 3.52. The number of nitrogens with one attached hydrogen (secondary N) is 1. The molecule has 0 aliphatic heterocycles. The van der Waals surface area contributed by atoms with Gasteiger partial charge in [0.1, 0.15) is 11.6 Å². The van der Waals surface area contributed by atoms with Gasteiger partial charge in [-0.05, 0) is 42.8 Å². The Bertz CT molecular complexity index is 826. The lowest BCUT2D eigenvalue weighted by atomic mass is 10.1. The molecule has 0 fully saturated rings. The number of anilines is 2. The molecule has 0 radical (unpaired) electrons. The van der Waals surface area contributed by atoms with Crippen LogP contribution in [-0.4, -0.2) is 25.5 Å². The monoisotopic (exact) mass is 378 g/mol. The molecule has 26 heavy (non-hydrogen) atoms. The van der Waals surface area contributed by atoms with Crippen molar-refractivity contribution in [3.63, 3.8) is 0 Å². The summed E-state index contributed by atoms with van der Waals surface area (Å²) in [6, 6.07) is 9.43. The lowest BCUT2D eigenvalue weighted by molar-refractivity contribution is -0.117. The predicted octanol–water partition coefficient (Wildman–Crippen LogP) is 4.18. The van der Waals surface area contributed by atoms with E-state index in [0.29, 0.717) is 17.1 Å². The Balaban J connectivity index is 2.09. The maximum absolute atomic E-state index is 13.2. The molecule has 2 rings (SSSR count). The number of halogens is 2. The van der Waals surface area contributed by atoms with Crippen LogP contribution in [0.3, 0.4) is 0 Å². The van der Waals surface area contributed by atoms with E-state index in [1.807, 2.05) is 19.1 Å². The Morgan fingerprint density at radius 3 is 2.58 bits per heavy atom. The third-order valence-corrected chi connectivity index (χ3v) is 4.06. The number of nitrogens with zero attached hydrogens (tertiary/aromatic N) is 1. The highest BCUT2D eigenvalue weighted by molar-refractivity contribution is 6.31. The SMILES string of the molecule is COc1ccc(C)cc1N(CCC(=O)Nc1ccc(F)c(Cl)c1)C(C)=O. The van der Waals surface area contributed by atoms with Gasteiger partial charge in [0.05, 0.1) is 17.8 Å². The van der Waals surface area contributed by atoms with Gasteiger partial charge in [0, 0.05) is 25.6 Å². The number of rotatable bonds is 6. The van der Waals surface area contributed by atoms with Crippen molar-refractivity contribution in [3.8, 4) is 5.75 Å². The van der Waals surface area contributed by atoms with E-state index in [0.717, 1.165) is 5.56 Å². The highest BCUT2D eigenvalue weighted by atomic mass is 35.5. The van der Waals surface area contributed by atoms with Gasteiger partial charge in [-0.3, -0.25) is 9.59 Å². The number of amides is 2. The maximum Gasteiger partial charge on any atom is 0.226 e. The normalized spacial score (nSPS) is 10.3. The molecule has 0 spiro atoms. The van der Waals surface area contributed by atoms with Crippen LogP contribution in [0.4, 0.5) is 15.8 Å². The Morgan fingerprint density at radius 2 is 1.96 bits per heavy atom. The standard InChI is InChI=1S/C19H20ClFN2O3/c1-12-4-7-18(26-3)17(10-12)23(13(2)24)9-8-19(25)22-14-5-6-16(21)15(20)11-14/h4-7,10-11H,8-9H2,1-3H3,(H,22,25). The largest absolute Gasteiger partial charge is 0.495 e. The van der Waals surface area contributed by atoms with E-state index in [1.165, 1.54) is 37.1 Å². The first-order valence-corrected chi connectivity index (χ1v) is 8.37. The first-order chi connectivity index (χ1) is 12.3. The minimum Gasteiger partial charge on any atom is -0.495 e. The first-order valence-electron chi connectivity index (χ1n) is 7.99. The van der Waals surface area contributed by atoms with Crippen molar-refractivity contribution in [2.24, 2.45) is 0 Å². The molecule has 0 saturated carbocycles. The lowest BCUT2D eigenvalue weighted by Crippen LogP contribution is -2.32. The summed E-state index contributed by atoms with van der Waals surface area (Å²) in [5.74, 6) is -0.521. The van der Waals surface area contributed by atoms with Gasteiger partial charge < -0.3 is 15.0 Å². The molecule has 0 aliphatic rings. The Morgan fingerprint density at radius 1 is 1.23 bits per heavy atom. The van der Waals surface area contributed by atoms with Crippen molar-refractivity contribution in [3.05, 3.63) is 52.8 Å². The van der Waals surface area contributed by atoms with Crippen LogP contribution in [0.1, 0.15) is 18.9 Å². The predicted molar refractivity (Wildman–Crippen MR) is 100 cm³/mol. The number of hydrogen-bond donors (Lipinski definition) is 1. The average Bonchev–Trinajstić information content (AvgIpc) is 2.58. The fourth-order valence-corrected chi connectivity index (χ4v) is 2.65. The molecule has 0 aromatic heterocycles. The van der Waals surface area contributed by atoms with Gasteiger partial charge in [0.15, 0.2) is 0 Å². The quantitative estimate of drug-likeness (QED) is 0.820. The molecule has 7 heteroatoms. The number of aryl methyl sites for hydroxylation is 1. The summed E-state index contributed by atoms with van der Waals surface area (Å²) in [4.78, 5) is 25.7. The molecule has 1 N–H and O–H groups in total. The Labute approximate surface area is 156 Å². The van der Waals surface area contributed by atoms with E-state index in [-0.39, 0.29) is 29.8 Å². The number of hydrogen-bond acceptors (Lipinski definition) is 3. The number of carbonyl (C=O) groups excluding carboxylic acids is 2. The molecule has 0 bridgehead atoms. The molecule has 0 unspecified atom stereocenters. The van der Waals surface area contributed by atoms with Gasteiger partial charge in [-0.2, -0.15) is 0 Å². The van der Waals surface area contributed by atoms with Gasteiger partial charge in [-0.1, -0.05) is 17.7 Å². The van der Waals surface area contributed by atoms with E-state index in [4.69, 9.17) is 16.3 Å². The van der Waals surface area contributed by atoms with Gasteiger partial charge >= 0.3 is 0 Å². The molecule has 5 nitrogen and oxygen atoms in total. The molecule has 0 heterocycles. The Hall–Kier alpha value is -2.60. The topological polar surface area (TPSA) is 58.6 Å². The molecular formula is C19H20ClFN2O3. The van der Waals surface area contributed by atoms with Crippen molar-refractivity contribution in [1.82, 2.24) is 0 Å². The summed E-state index contributed by atoms with van der Waals surface area (Å²) < 4.78 is 18.5. The third-order valence-electron chi connectivity index (χ3n) is 3.77. The van der Waals surface area contributed by atoms with Crippen LogP contribution in [0.15, 0.2) is 36.4 Å². The van der Waals surface area contributed by atoms with E-state index < -0.39 is 5.82 Å². The summed E-state index contributed by atoms with van der Waals surface area (Å²) in [6.07, 6.45) is 0.0612. The van der Waals surface area contributed by atoms with Gasteiger partial charge in [-0.15, -0.1) is 0 Å². The van der Waals surface area contributed by atoms with Crippen molar-refractivity contribution in [2.75, 3.05) is 23.9 Å². The fourth-order valence-electron chi connectivity index (χ4n) is 2.47. The molecule has 2 aromatic rings. The van der Waals surface area contributed by atoms with E-state index in [2.05, 4.69) is 5.32 Å². The van der Waals surface area contributed by atoms with Crippen LogP contribution in [0, 0.1) is 12.7 Å². The summed E-state index contributed by atoms with van der Waals surface area (Å²) in [5.41, 5.74) is 1.97. The first kappa shape index (κ1) is 19.7. The zero-order valence-corrected chi connectivity index (χ0v) is 15.6. The van der Waals surface area contributed by atoms with E-state index in [1.54, 1.807) is 6.07 Å². The van der Waals surface area contributed by atoms with Crippen molar-refractivity contribution < 1.29 is 18.7 Å². The number of carbonyl (C=O) groups is 2. The van der Waals surface area contributed by atoms with Gasteiger partial charge in [0.25, 0.3) is 0 Å². The van der Waals surface area contributed by atoms with Gasteiger partial charge in [0.2, 0.25) is 11.8 Å². The number of benzene rings is 2. The summed E-state index contributed by atoms with van der Waals surface area (Å²) in [5, 5.41) is 2.56. The lowest BCUT2D eigenvalue weighted by Gasteiger charge is -2.23. The Kier molecular flexibility index (Phi) is 6.58. The second kappa shape index (κ2) is 8.67. The summed E-state index contributed by atoms with van der Waals surface area (Å²) in [7, 11) is 1.53. The fraction of sp³-hybridized carbons (Fsp3) is 0.263. The van der Waals surface area contributed by atoms with Crippen LogP contribution in [0.25, 0.3) is 0 Å². The molecule has 0 atom stereocenters. The minimum atomic E-state index is -0.557. The highest BCUT2D eigenvalue weighted by Crippen LogP contribution is 2.29. The summed E-state index contributed by atoms with van der Waals surface area (Å²) >= 11 is 5.70. The number of methoxy groups -OCH3 is 1. The van der Waals surface area contributed by atoms with E-state index >= 15 is 0 Å². The van der Waals surface area contributed by atoms with Crippen LogP contribution >= 0.6 is 11.6 Å². The smallest absolute Gasteiger partial charge is 0.226 e. The average molecular weight is 379 g/mol. The molecule has 2 amide bonds. The molecular weight excluding hydrogens is 359 g/mol. The minimum absolute atomic E-state index is 0.0612. The number of ether oxygens (including phenoxy) is 1. The third kappa shape index (κ3) is 4.95. The molecule has 138 valence electrons. The van der Waals surface area contributed by atoms with Crippen molar-refractivity contribution in [2.45, 2.75) is 20.3 Å². The molecule has 0 saturated heterocycles. The second-order valence-corrected chi connectivity index (χ2v) is 6.18. The van der Waals surface area contributed by atoms with Gasteiger partial charge in [-0.25, -0.2) is 4.39 Å². The zero-order valence-electron chi connectivity index (χ0n) is 14.8. The van der Waals surface area contributed by atoms with Crippen LogP contribution in [-0.2, 0) is 9.59 Å². The van der Waals surface area contributed by atoms with Crippen molar-refractivity contribution in [1.29, 1.82) is 0 Å². The molecule has 0 aliphatic carbocycles. The molecule has 2 aromatic carbocycles. The van der Waals surface area contributed by atoms with E-state index in [9.17, 15) is 14.0 Å². The highest BCUT2D eigenvalue weighted by Gasteiger charge is 2.18. The van der Waals surface area contributed by atoms with Crippen molar-refractivity contribution >= 4 is 34.8 Å². The second-order valence-electron chi connectivity index (χ2n) is 5.77.